The zero-order valence-corrected chi connectivity index (χ0v) is 7.04. The molecule has 4 heteroatoms. The molecule has 2 nitrogen and oxygen atoms in total. The standard InChI is InChI=1S/C6H8O2S2/c1-2-6-3-4-8-10(7,9)5-6/h1,6H,3-5H2. The zero-order chi connectivity index (χ0) is 7.61. The molecule has 0 radical (unpaired) electrons. The molecule has 2 unspecified atom stereocenters. The number of hydrogen-bond donors (Lipinski definition) is 0. The Morgan fingerprint density at radius 1 is 1.80 bits per heavy atom. The summed E-state index contributed by atoms with van der Waals surface area (Å²) in [7, 11) is -2.45. The summed E-state index contributed by atoms with van der Waals surface area (Å²) in [4.78, 5) is 0. The third kappa shape index (κ3) is 1.94. The van der Waals surface area contributed by atoms with Gasteiger partial charge >= 0.3 is 0 Å². The molecule has 10 heavy (non-hydrogen) atoms. The van der Waals surface area contributed by atoms with Gasteiger partial charge in [0.15, 0.2) is 0 Å². The van der Waals surface area contributed by atoms with Gasteiger partial charge in [0.2, 0.25) is 0 Å². The van der Waals surface area contributed by atoms with E-state index in [1.807, 2.05) is 0 Å². The predicted molar refractivity (Wildman–Crippen MR) is 43.3 cm³/mol. The maximum Gasteiger partial charge on any atom is 0.145 e. The van der Waals surface area contributed by atoms with E-state index in [-0.39, 0.29) is 5.92 Å². The molecule has 0 aromatic carbocycles. The first-order valence-electron chi connectivity index (χ1n) is 2.97. The lowest BCUT2D eigenvalue weighted by Crippen LogP contribution is -2.24. The number of hydrogen-bond acceptors (Lipinski definition) is 3. The molecule has 0 spiro atoms. The first-order chi connectivity index (χ1) is 4.64. The Balaban J connectivity index is 2.67. The van der Waals surface area contributed by atoms with Crippen molar-refractivity contribution in [3.63, 3.8) is 0 Å². The van der Waals surface area contributed by atoms with E-state index in [0.29, 0.717) is 12.4 Å². The van der Waals surface area contributed by atoms with E-state index >= 15 is 0 Å². The molecule has 0 aromatic heterocycles. The van der Waals surface area contributed by atoms with Crippen molar-refractivity contribution in [2.45, 2.75) is 6.42 Å². The first kappa shape index (κ1) is 7.99. The van der Waals surface area contributed by atoms with Gasteiger partial charge < -0.3 is 0 Å². The second-order valence-corrected chi connectivity index (χ2v) is 5.41. The Labute approximate surface area is 65.8 Å². The summed E-state index contributed by atoms with van der Waals surface area (Å²) in [6.07, 6.45) is 5.93. The summed E-state index contributed by atoms with van der Waals surface area (Å²) in [5.74, 6) is 2.93. The lowest BCUT2D eigenvalue weighted by Gasteiger charge is -2.18. The molecule has 0 aliphatic carbocycles. The van der Waals surface area contributed by atoms with Crippen LogP contribution in [-0.4, -0.2) is 16.6 Å². The molecule has 1 aliphatic heterocycles. The Bertz CT molecular complexity index is 247. The summed E-state index contributed by atoms with van der Waals surface area (Å²) in [5, 5.41) is 0. The Kier molecular flexibility index (Phi) is 2.29. The van der Waals surface area contributed by atoms with Crippen molar-refractivity contribution in [3.05, 3.63) is 0 Å². The normalized spacial score (nSPS) is 40.5. The summed E-state index contributed by atoms with van der Waals surface area (Å²) in [6, 6.07) is 0. The lowest BCUT2D eigenvalue weighted by molar-refractivity contribution is 0.300. The van der Waals surface area contributed by atoms with Gasteiger partial charge in [-0.2, -0.15) is 0 Å². The summed E-state index contributed by atoms with van der Waals surface area (Å²) >= 11 is 4.65. The van der Waals surface area contributed by atoms with Gasteiger partial charge in [0.1, 0.15) is 8.77 Å². The molecule has 1 fully saturated rings. The van der Waals surface area contributed by atoms with Crippen LogP contribution in [0.3, 0.4) is 0 Å². The van der Waals surface area contributed by atoms with E-state index in [1.54, 1.807) is 0 Å². The van der Waals surface area contributed by atoms with E-state index in [2.05, 4.69) is 17.1 Å². The minimum atomic E-state index is -2.45. The Morgan fingerprint density at radius 2 is 2.50 bits per heavy atom. The van der Waals surface area contributed by atoms with Crippen molar-refractivity contribution in [2.24, 2.45) is 5.92 Å². The molecule has 0 amide bonds. The first-order valence-corrected chi connectivity index (χ1v) is 5.55. The average Bonchev–Trinajstić information content (AvgIpc) is 1.86. The van der Waals surface area contributed by atoms with Crippen LogP contribution in [0.15, 0.2) is 0 Å². The fraction of sp³-hybridized carbons (Fsp3) is 0.667. The van der Waals surface area contributed by atoms with Crippen molar-refractivity contribution in [1.29, 1.82) is 0 Å². The van der Waals surface area contributed by atoms with Crippen molar-refractivity contribution >= 4 is 20.0 Å². The molecule has 2 atom stereocenters. The highest BCUT2D eigenvalue weighted by Gasteiger charge is 2.20. The molecule has 0 saturated carbocycles. The van der Waals surface area contributed by atoms with Crippen molar-refractivity contribution in [3.8, 4) is 12.3 Å². The fourth-order valence-corrected chi connectivity index (χ4v) is 2.73. The monoisotopic (exact) mass is 176 g/mol. The van der Waals surface area contributed by atoms with Gasteiger partial charge in [0.05, 0.1) is 12.4 Å². The minimum absolute atomic E-state index is 0.0544. The highest BCUT2D eigenvalue weighted by Crippen LogP contribution is 2.14. The summed E-state index contributed by atoms with van der Waals surface area (Å²) < 4.78 is 15.9. The highest BCUT2D eigenvalue weighted by molar-refractivity contribution is 8.30. The summed E-state index contributed by atoms with van der Waals surface area (Å²) in [6.45, 7) is 0.442. The van der Waals surface area contributed by atoms with Gasteiger partial charge in [-0.05, 0) is 6.42 Å². The smallest absolute Gasteiger partial charge is 0.145 e. The maximum atomic E-state index is 11.1. The van der Waals surface area contributed by atoms with E-state index < -0.39 is 8.77 Å². The SMILES string of the molecule is C#CC1CCOS(=O)(=S)C1. The van der Waals surface area contributed by atoms with Crippen molar-refractivity contribution in [1.82, 2.24) is 0 Å². The summed E-state index contributed by atoms with van der Waals surface area (Å²) in [5.41, 5.74) is 0. The molecule has 0 aromatic rings. The van der Waals surface area contributed by atoms with Crippen LogP contribution in [0.4, 0.5) is 0 Å². The van der Waals surface area contributed by atoms with Crippen molar-refractivity contribution in [2.75, 3.05) is 12.4 Å². The van der Waals surface area contributed by atoms with Gasteiger partial charge in [-0.25, -0.2) is 4.21 Å². The zero-order valence-electron chi connectivity index (χ0n) is 5.41. The van der Waals surface area contributed by atoms with Crippen LogP contribution >= 0.6 is 0 Å². The molecular formula is C6H8O2S2. The highest BCUT2D eigenvalue weighted by atomic mass is 32.8. The van der Waals surface area contributed by atoms with Crippen LogP contribution in [0, 0.1) is 18.3 Å². The van der Waals surface area contributed by atoms with Gasteiger partial charge in [0.25, 0.3) is 0 Å². The molecule has 1 rings (SSSR count). The molecule has 1 heterocycles. The van der Waals surface area contributed by atoms with Crippen LogP contribution in [0.2, 0.25) is 0 Å². The van der Waals surface area contributed by atoms with E-state index in [1.165, 1.54) is 0 Å². The van der Waals surface area contributed by atoms with E-state index in [0.717, 1.165) is 6.42 Å². The molecular weight excluding hydrogens is 168 g/mol. The topological polar surface area (TPSA) is 26.3 Å². The Morgan fingerprint density at radius 3 is 2.90 bits per heavy atom. The molecule has 0 bridgehead atoms. The molecule has 56 valence electrons. The fourth-order valence-electron chi connectivity index (χ4n) is 0.827. The average molecular weight is 176 g/mol. The quantitative estimate of drug-likeness (QED) is 0.497. The van der Waals surface area contributed by atoms with Crippen LogP contribution in [0.25, 0.3) is 0 Å². The lowest BCUT2D eigenvalue weighted by atomic mass is 10.1. The van der Waals surface area contributed by atoms with Crippen LogP contribution in [0.5, 0.6) is 0 Å². The number of rotatable bonds is 0. The van der Waals surface area contributed by atoms with Crippen LogP contribution in [-0.2, 0) is 24.1 Å². The van der Waals surface area contributed by atoms with Crippen LogP contribution in [0.1, 0.15) is 6.42 Å². The van der Waals surface area contributed by atoms with Gasteiger partial charge in [-0.3, -0.25) is 4.18 Å². The molecule has 1 saturated heterocycles. The van der Waals surface area contributed by atoms with Gasteiger partial charge in [-0.15, -0.1) is 12.3 Å². The molecule has 1 aliphatic rings. The maximum absolute atomic E-state index is 11.1. The third-order valence-corrected chi connectivity index (χ3v) is 3.40. The minimum Gasteiger partial charge on any atom is -0.290 e. The van der Waals surface area contributed by atoms with E-state index in [9.17, 15) is 4.21 Å². The van der Waals surface area contributed by atoms with Gasteiger partial charge in [-0.1, -0.05) is 0 Å². The Hall–Kier alpha value is -0.110. The van der Waals surface area contributed by atoms with Gasteiger partial charge in [0, 0.05) is 17.1 Å². The second kappa shape index (κ2) is 2.87. The largest absolute Gasteiger partial charge is 0.290 e. The number of terminal acetylenes is 1. The van der Waals surface area contributed by atoms with E-state index in [4.69, 9.17) is 10.6 Å². The third-order valence-electron chi connectivity index (χ3n) is 1.37. The van der Waals surface area contributed by atoms with Crippen LogP contribution < -0.4 is 0 Å². The predicted octanol–water partition coefficient (Wildman–Crippen LogP) is 0.317. The van der Waals surface area contributed by atoms with Crippen molar-refractivity contribution < 1.29 is 8.39 Å². The second-order valence-electron chi connectivity index (χ2n) is 2.20. The molecule has 0 N–H and O–H groups in total.